The van der Waals surface area contributed by atoms with E-state index in [0.29, 0.717) is 6.07 Å². The maximum atomic E-state index is 13.8. The third-order valence-corrected chi connectivity index (χ3v) is 4.70. The number of halogens is 7. The Morgan fingerprint density at radius 1 is 0.912 bits per heavy atom. The summed E-state index contributed by atoms with van der Waals surface area (Å²) >= 11 is 0. The van der Waals surface area contributed by atoms with Gasteiger partial charge in [-0.1, -0.05) is 6.07 Å². The molecule has 0 spiro atoms. The van der Waals surface area contributed by atoms with E-state index in [1.807, 2.05) is 0 Å². The standard InChI is InChI=1S/C19H14F7N7O/c20-10-7-33(8-12(10)34)17-31-15(11-2-1-3-13(29-11)18(21,22)23)30-16(32-17)28-9-4-5-27-14(6-9)19(24,25)26/h1-6,10,12,34H,7-8H2,(H,27,28,30,31,32)/t10-,12-/m0/s1. The molecule has 0 unspecified atom stereocenters. The van der Waals surface area contributed by atoms with Crippen LogP contribution in [0.15, 0.2) is 36.5 Å². The molecule has 1 saturated heterocycles. The van der Waals surface area contributed by atoms with Gasteiger partial charge in [-0.15, -0.1) is 0 Å². The molecule has 3 aromatic rings. The predicted octanol–water partition coefficient (Wildman–Crippen LogP) is 3.63. The summed E-state index contributed by atoms with van der Waals surface area (Å²) in [5.41, 5.74) is -2.84. The van der Waals surface area contributed by atoms with Crippen molar-refractivity contribution in [2.45, 2.75) is 24.6 Å². The second kappa shape index (κ2) is 8.62. The number of hydrogen-bond donors (Lipinski definition) is 2. The molecule has 34 heavy (non-hydrogen) atoms. The molecule has 4 heterocycles. The number of aliphatic hydroxyl groups excluding tert-OH is 1. The highest BCUT2D eigenvalue weighted by atomic mass is 19.4. The quantitative estimate of drug-likeness (QED) is 0.537. The van der Waals surface area contributed by atoms with Crippen molar-refractivity contribution in [2.24, 2.45) is 0 Å². The molecule has 8 nitrogen and oxygen atoms in total. The van der Waals surface area contributed by atoms with Gasteiger partial charge in [-0.3, -0.25) is 4.98 Å². The van der Waals surface area contributed by atoms with Crippen LogP contribution in [-0.2, 0) is 12.4 Å². The molecule has 1 fully saturated rings. The van der Waals surface area contributed by atoms with Gasteiger partial charge in [-0.25, -0.2) is 9.37 Å². The molecule has 180 valence electrons. The third-order valence-electron chi connectivity index (χ3n) is 4.70. The second-order valence-corrected chi connectivity index (χ2v) is 7.23. The summed E-state index contributed by atoms with van der Waals surface area (Å²) in [6.07, 6.45) is -11.6. The van der Waals surface area contributed by atoms with E-state index in [4.69, 9.17) is 0 Å². The summed E-state index contributed by atoms with van der Waals surface area (Å²) in [7, 11) is 0. The smallest absolute Gasteiger partial charge is 0.388 e. The van der Waals surface area contributed by atoms with Gasteiger partial charge >= 0.3 is 12.4 Å². The van der Waals surface area contributed by atoms with Crippen molar-refractivity contribution >= 4 is 17.6 Å². The van der Waals surface area contributed by atoms with E-state index in [1.54, 1.807) is 0 Å². The summed E-state index contributed by atoms with van der Waals surface area (Å²) in [6.45, 7) is -0.527. The lowest BCUT2D eigenvalue weighted by Crippen LogP contribution is -2.24. The highest BCUT2D eigenvalue weighted by Crippen LogP contribution is 2.31. The fourth-order valence-electron chi connectivity index (χ4n) is 3.10. The summed E-state index contributed by atoms with van der Waals surface area (Å²) in [5, 5.41) is 12.2. The number of anilines is 3. The van der Waals surface area contributed by atoms with Crippen molar-refractivity contribution in [2.75, 3.05) is 23.3 Å². The minimum atomic E-state index is -4.75. The molecule has 4 rings (SSSR count). The lowest BCUT2D eigenvalue weighted by molar-refractivity contribution is -0.141. The van der Waals surface area contributed by atoms with Crippen molar-refractivity contribution in [3.05, 3.63) is 47.9 Å². The first kappa shape index (κ1) is 23.5. The minimum absolute atomic E-state index is 0.118. The molecule has 2 atom stereocenters. The molecule has 1 aliphatic heterocycles. The molecule has 2 N–H and O–H groups in total. The first-order valence-electron chi connectivity index (χ1n) is 9.58. The molecule has 0 radical (unpaired) electrons. The van der Waals surface area contributed by atoms with Crippen LogP contribution in [0.2, 0.25) is 0 Å². The number of pyridine rings is 2. The first-order chi connectivity index (χ1) is 15.9. The fourth-order valence-corrected chi connectivity index (χ4v) is 3.10. The zero-order valence-electron chi connectivity index (χ0n) is 16.8. The Bertz CT molecular complexity index is 1180. The maximum absolute atomic E-state index is 13.8. The zero-order valence-corrected chi connectivity index (χ0v) is 16.8. The Kier molecular flexibility index (Phi) is 5.97. The molecule has 0 aromatic carbocycles. The van der Waals surface area contributed by atoms with Crippen LogP contribution >= 0.6 is 0 Å². The molecular formula is C19H14F7N7O. The highest BCUT2D eigenvalue weighted by Gasteiger charge is 2.35. The second-order valence-electron chi connectivity index (χ2n) is 7.23. The molecular weight excluding hydrogens is 475 g/mol. The van der Waals surface area contributed by atoms with Gasteiger partial charge in [-0.2, -0.15) is 41.3 Å². The van der Waals surface area contributed by atoms with Gasteiger partial charge in [-0.05, 0) is 24.3 Å². The Labute approximate surface area is 186 Å². The van der Waals surface area contributed by atoms with Crippen LogP contribution in [0.5, 0.6) is 0 Å². The summed E-state index contributed by atoms with van der Waals surface area (Å²) < 4.78 is 92.0. The monoisotopic (exact) mass is 489 g/mol. The van der Waals surface area contributed by atoms with Crippen LogP contribution in [0.4, 0.5) is 48.3 Å². The molecule has 1 aliphatic rings. The zero-order chi connectivity index (χ0) is 24.7. The first-order valence-corrected chi connectivity index (χ1v) is 9.58. The van der Waals surface area contributed by atoms with Crippen molar-refractivity contribution < 1.29 is 35.8 Å². The number of nitrogens with one attached hydrogen (secondary N) is 1. The van der Waals surface area contributed by atoms with Crippen LogP contribution in [0.3, 0.4) is 0 Å². The van der Waals surface area contributed by atoms with E-state index in [9.17, 15) is 35.8 Å². The van der Waals surface area contributed by atoms with Gasteiger partial charge in [0.25, 0.3) is 0 Å². The van der Waals surface area contributed by atoms with Crippen LogP contribution in [0, 0.1) is 0 Å². The van der Waals surface area contributed by atoms with Crippen LogP contribution in [0.1, 0.15) is 11.4 Å². The van der Waals surface area contributed by atoms with Crippen molar-refractivity contribution in [3.63, 3.8) is 0 Å². The number of β-amino-alcohol motifs (C(OH)–C–C–N with tert-alkyl or cyclic N) is 1. The molecule has 3 aromatic heterocycles. The lowest BCUT2D eigenvalue weighted by atomic mass is 10.3. The number of alkyl halides is 7. The summed E-state index contributed by atoms with van der Waals surface area (Å²) in [4.78, 5) is 20.0. The largest absolute Gasteiger partial charge is 0.433 e. The number of hydrogen-bond acceptors (Lipinski definition) is 8. The lowest BCUT2D eigenvalue weighted by Gasteiger charge is -2.17. The average molecular weight is 489 g/mol. The van der Waals surface area contributed by atoms with Gasteiger partial charge in [0.1, 0.15) is 29.4 Å². The topological polar surface area (TPSA) is 100.0 Å². The molecule has 0 amide bonds. The summed E-state index contributed by atoms with van der Waals surface area (Å²) in [6, 6.07) is 4.90. The van der Waals surface area contributed by atoms with Crippen LogP contribution in [0.25, 0.3) is 11.5 Å². The van der Waals surface area contributed by atoms with E-state index in [2.05, 4.69) is 30.2 Å². The fraction of sp³-hybridized carbons (Fsp3) is 0.316. The van der Waals surface area contributed by atoms with E-state index < -0.39 is 36.0 Å². The number of nitrogens with zero attached hydrogens (tertiary/aromatic N) is 6. The van der Waals surface area contributed by atoms with Crippen molar-refractivity contribution in [1.29, 1.82) is 0 Å². The average Bonchev–Trinajstić information content (AvgIpc) is 3.11. The van der Waals surface area contributed by atoms with Gasteiger partial charge in [0.05, 0.1) is 6.54 Å². The van der Waals surface area contributed by atoms with E-state index in [0.717, 1.165) is 18.3 Å². The van der Waals surface area contributed by atoms with E-state index in [-0.39, 0.29) is 42.2 Å². The van der Waals surface area contributed by atoms with Gasteiger partial charge in [0, 0.05) is 18.4 Å². The van der Waals surface area contributed by atoms with Crippen LogP contribution < -0.4 is 10.2 Å². The van der Waals surface area contributed by atoms with Gasteiger partial charge < -0.3 is 15.3 Å². The predicted molar refractivity (Wildman–Crippen MR) is 104 cm³/mol. The highest BCUT2D eigenvalue weighted by molar-refractivity contribution is 5.59. The minimum Gasteiger partial charge on any atom is -0.388 e. The normalized spacial score (nSPS) is 18.9. The number of aliphatic hydroxyl groups is 1. The molecule has 15 heteroatoms. The Hall–Kier alpha value is -3.62. The molecule has 0 saturated carbocycles. The maximum Gasteiger partial charge on any atom is 0.433 e. The summed E-state index contributed by atoms with van der Waals surface area (Å²) in [5.74, 6) is -0.896. The van der Waals surface area contributed by atoms with Crippen LogP contribution in [-0.4, -0.2) is 55.4 Å². The Balaban J connectivity index is 1.76. The van der Waals surface area contributed by atoms with Crippen molar-refractivity contribution in [1.82, 2.24) is 24.9 Å². The Morgan fingerprint density at radius 3 is 2.29 bits per heavy atom. The number of aromatic nitrogens is 5. The van der Waals surface area contributed by atoms with E-state index >= 15 is 0 Å². The van der Waals surface area contributed by atoms with Gasteiger partial charge in [0.15, 0.2) is 5.82 Å². The number of rotatable bonds is 4. The SMILES string of the molecule is O[C@H]1CN(c2nc(Nc3ccnc(C(F)(F)F)c3)nc(-c3cccc(C(F)(F)F)n3)n2)C[C@@H]1F. The van der Waals surface area contributed by atoms with Gasteiger partial charge in [0.2, 0.25) is 11.9 Å². The van der Waals surface area contributed by atoms with Crippen molar-refractivity contribution in [3.8, 4) is 11.5 Å². The third kappa shape index (κ3) is 5.13. The molecule has 0 aliphatic carbocycles. The Morgan fingerprint density at radius 2 is 1.65 bits per heavy atom. The molecule has 0 bridgehead atoms. The van der Waals surface area contributed by atoms with E-state index in [1.165, 1.54) is 17.0 Å².